The van der Waals surface area contributed by atoms with Crippen molar-refractivity contribution in [2.75, 3.05) is 0 Å². The van der Waals surface area contributed by atoms with Gasteiger partial charge in [0.15, 0.2) is 0 Å². The predicted molar refractivity (Wildman–Crippen MR) is 60.2 cm³/mol. The van der Waals surface area contributed by atoms with Crippen LogP contribution in [-0.4, -0.2) is 6.17 Å². The molecule has 2 rings (SSSR count). The van der Waals surface area contributed by atoms with Crippen molar-refractivity contribution >= 4 is 15.9 Å². The Balaban J connectivity index is 2.32. The molecule has 0 aliphatic heterocycles. The van der Waals surface area contributed by atoms with Crippen molar-refractivity contribution in [3.63, 3.8) is 0 Å². The minimum Gasteiger partial charge on any atom is -0.247 e. The third-order valence-corrected chi connectivity index (χ3v) is 3.96. The Hall–Kier alpha value is -0.370. The quantitative estimate of drug-likeness (QED) is 0.743. The molecule has 76 valence electrons. The largest absolute Gasteiger partial charge is 0.247 e. The van der Waals surface area contributed by atoms with Gasteiger partial charge in [-0.1, -0.05) is 34.5 Å². The normalized spacial score (nSPS) is 21.4. The summed E-state index contributed by atoms with van der Waals surface area (Å²) in [6.07, 6.45) is 2.40. The molecule has 0 saturated heterocycles. The van der Waals surface area contributed by atoms with Gasteiger partial charge in [-0.2, -0.15) is 0 Å². The molecular formula is C12H14BrF. The summed E-state index contributed by atoms with van der Waals surface area (Å²) in [5.74, 6) is 0. The lowest BCUT2D eigenvalue weighted by atomic mass is 9.62. The number of hydrogen-bond donors (Lipinski definition) is 0. The average Bonchev–Trinajstić information content (AvgIpc) is 2.05. The van der Waals surface area contributed by atoms with Crippen LogP contribution in [0.15, 0.2) is 28.7 Å². The van der Waals surface area contributed by atoms with Crippen molar-refractivity contribution < 1.29 is 4.39 Å². The summed E-state index contributed by atoms with van der Waals surface area (Å²) in [6, 6.07) is 8.08. The Morgan fingerprint density at radius 3 is 2.21 bits per heavy atom. The van der Waals surface area contributed by atoms with Crippen molar-refractivity contribution in [2.45, 2.75) is 37.8 Å². The minimum absolute atomic E-state index is 0.180. The van der Waals surface area contributed by atoms with Crippen LogP contribution < -0.4 is 0 Å². The fraction of sp³-hybridized carbons (Fsp3) is 0.500. The van der Waals surface area contributed by atoms with E-state index >= 15 is 0 Å². The first-order chi connectivity index (χ1) is 6.65. The highest BCUT2D eigenvalue weighted by Crippen LogP contribution is 2.47. The maximum Gasteiger partial charge on any atom is 0.107 e. The van der Waals surface area contributed by atoms with Crippen LogP contribution in [0.4, 0.5) is 4.39 Å². The van der Waals surface area contributed by atoms with Gasteiger partial charge in [0.05, 0.1) is 0 Å². The van der Waals surface area contributed by atoms with Crippen LogP contribution in [0.25, 0.3) is 0 Å². The van der Waals surface area contributed by atoms with Crippen LogP contribution in [0.2, 0.25) is 0 Å². The van der Waals surface area contributed by atoms with Crippen molar-refractivity contribution in [3.8, 4) is 0 Å². The molecule has 0 aromatic heterocycles. The zero-order valence-electron chi connectivity index (χ0n) is 8.26. The molecule has 0 nitrogen and oxygen atoms in total. The first-order valence-electron chi connectivity index (χ1n) is 5.05. The van der Waals surface area contributed by atoms with Gasteiger partial charge < -0.3 is 0 Å². The number of hydrogen-bond acceptors (Lipinski definition) is 0. The lowest BCUT2D eigenvalue weighted by Gasteiger charge is -2.43. The molecule has 1 fully saturated rings. The van der Waals surface area contributed by atoms with Gasteiger partial charge in [-0.15, -0.1) is 0 Å². The lowest BCUT2D eigenvalue weighted by molar-refractivity contribution is 0.114. The van der Waals surface area contributed by atoms with Gasteiger partial charge in [-0.05, 0) is 37.5 Å². The zero-order valence-corrected chi connectivity index (χ0v) is 9.85. The van der Waals surface area contributed by atoms with Crippen LogP contribution in [0.3, 0.4) is 0 Å². The molecule has 14 heavy (non-hydrogen) atoms. The Labute approximate surface area is 92.6 Å². The van der Waals surface area contributed by atoms with Crippen molar-refractivity contribution in [3.05, 3.63) is 34.3 Å². The molecule has 1 atom stereocenters. The van der Waals surface area contributed by atoms with E-state index in [9.17, 15) is 4.39 Å². The van der Waals surface area contributed by atoms with Gasteiger partial charge in [0.1, 0.15) is 6.17 Å². The van der Waals surface area contributed by atoms with Crippen LogP contribution in [0.1, 0.15) is 31.7 Å². The van der Waals surface area contributed by atoms with Gasteiger partial charge in [-0.3, -0.25) is 0 Å². The van der Waals surface area contributed by atoms with Gasteiger partial charge in [0.2, 0.25) is 0 Å². The predicted octanol–water partition coefficient (Wildman–Crippen LogP) is 4.23. The molecule has 0 radical (unpaired) electrons. The van der Waals surface area contributed by atoms with Crippen molar-refractivity contribution in [2.24, 2.45) is 0 Å². The van der Waals surface area contributed by atoms with Crippen LogP contribution in [0, 0.1) is 0 Å². The Kier molecular flexibility index (Phi) is 2.65. The molecule has 1 aliphatic carbocycles. The highest BCUT2D eigenvalue weighted by atomic mass is 79.9. The van der Waals surface area contributed by atoms with E-state index in [1.54, 1.807) is 6.92 Å². The topological polar surface area (TPSA) is 0 Å². The molecule has 1 aliphatic rings. The first kappa shape index (κ1) is 10.2. The van der Waals surface area contributed by atoms with Gasteiger partial charge in [-0.25, -0.2) is 4.39 Å². The van der Waals surface area contributed by atoms with E-state index in [4.69, 9.17) is 0 Å². The number of alkyl halides is 1. The monoisotopic (exact) mass is 256 g/mol. The standard InChI is InChI=1S/C12H14BrF/c1-9(14)12(7-2-8-12)10-3-5-11(13)6-4-10/h3-6,9H,2,7-8H2,1H3. The molecule has 0 heterocycles. The van der Waals surface area contributed by atoms with E-state index in [0.29, 0.717) is 0 Å². The minimum atomic E-state index is -0.738. The van der Waals surface area contributed by atoms with Crippen molar-refractivity contribution in [1.82, 2.24) is 0 Å². The number of halogens is 2. The van der Waals surface area contributed by atoms with Crippen LogP contribution >= 0.6 is 15.9 Å². The Bertz CT molecular complexity index is 312. The van der Waals surface area contributed by atoms with E-state index in [2.05, 4.69) is 15.9 Å². The lowest BCUT2D eigenvalue weighted by Crippen LogP contribution is -2.41. The number of rotatable bonds is 2. The van der Waals surface area contributed by atoms with E-state index in [0.717, 1.165) is 29.3 Å². The average molecular weight is 257 g/mol. The highest BCUT2D eigenvalue weighted by Gasteiger charge is 2.43. The molecular weight excluding hydrogens is 243 g/mol. The van der Waals surface area contributed by atoms with E-state index < -0.39 is 6.17 Å². The molecule has 1 aromatic carbocycles. The van der Waals surface area contributed by atoms with Gasteiger partial charge in [0, 0.05) is 9.89 Å². The summed E-state index contributed by atoms with van der Waals surface area (Å²) < 4.78 is 14.6. The molecule has 1 aromatic rings. The summed E-state index contributed by atoms with van der Waals surface area (Å²) in [7, 11) is 0. The van der Waals surface area contributed by atoms with E-state index in [1.807, 2.05) is 24.3 Å². The maximum atomic E-state index is 13.6. The molecule has 2 heteroatoms. The third-order valence-electron chi connectivity index (χ3n) is 3.43. The second-order valence-electron chi connectivity index (χ2n) is 4.13. The molecule has 0 amide bonds. The molecule has 1 unspecified atom stereocenters. The fourth-order valence-corrected chi connectivity index (χ4v) is 2.52. The van der Waals surface area contributed by atoms with Crippen LogP contribution in [0.5, 0.6) is 0 Å². The van der Waals surface area contributed by atoms with Crippen molar-refractivity contribution in [1.29, 1.82) is 0 Å². The molecule has 0 bridgehead atoms. The molecule has 1 saturated carbocycles. The van der Waals surface area contributed by atoms with E-state index in [-0.39, 0.29) is 5.41 Å². The van der Waals surface area contributed by atoms with Crippen LogP contribution in [-0.2, 0) is 5.41 Å². The second kappa shape index (κ2) is 3.65. The molecule has 0 spiro atoms. The summed E-state index contributed by atoms with van der Waals surface area (Å²) >= 11 is 3.40. The highest BCUT2D eigenvalue weighted by molar-refractivity contribution is 9.10. The Morgan fingerprint density at radius 2 is 1.86 bits per heavy atom. The Morgan fingerprint density at radius 1 is 1.29 bits per heavy atom. The zero-order chi connectivity index (χ0) is 10.2. The maximum absolute atomic E-state index is 13.6. The second-order valence-corrected chi connectivity index (χ2v) is 5.05. The first-order valence-corrected chi connectivity index (χ1v) is 5.84. The summed E-state index contributed by atoms with van der Waals surface area (Å²) in [6.45, 7) is 1.68. The molecule has 0 N–H and O–H groups in total. The number of benzene rings is 1. The van der Waals surface area contributed by atoms with Gasteiger partial charge >= 0.3 is 0 Å². The fourth-order valence-electron chi connectivity index (χ4n) is 2.26. The summed E-state index contributed by atoms with van der Waals surface area (Å²) in [5.41, 5.74) is 0.975. The SMILES string of the molecule is CC(F)C1(c2ccc(Br)cc2)CCC1. The smallest absolute Gasteiger partial charge is 0.107 e. The summed E-state index contributed by atoms with van der Waals surface area (Å²) in [4.78, 5) is 0. The van der Waals surface area contributed by atoms with Gasteiger partial charge in [0.25, 0.3) is 0 Å². The van der Waals surface area contributed by atoms with E-state index in [1.165, 1.54) is 0 Å². The summed E-state index contributed by atoms with van der Waals surface area (Å²) in [5, 5.41) is 0. The third kappa shape index (κ3) is 1.50.